The van der Waals surface area contributed by atoms with Gasteiger partial charge in [-0.15, -0.1) is 17.0 Å². The second-order valence-electron chi connectivity index (χ2n) is 6.54. The van der Waals surface area contributed by atoms with Gasteiger partial charge < -0.3 is 15.0 Å². The Balaban J connectivity index is 0.00000320. The Morgan fingerprint density at radius 2 is 1.30 bits per heavy atom. The van der Waals surface area contributed by atoms with Gasteiger partial charge in [0.2, 0.25) is 0 Å². The number of hydrogen-bond donors (Lipinski definition) is 1. The van der Waals surface area contributed by atoms with Crippen LogP contribution in [0.3, 0.4) is 0 Å². The van der Waals surface area contributed by atoms with E-state index >= 15 is 0 Å². The van der Waals surface area contributed by atoms with E-state index in [0.717, 1.165) is 18.6 Å². The van der Waals surface area contributed by atoms with Crippen LogP contribution in [0.15, 0.2) is 91.0 Å². The summed E-state index contributed by atoms with van der Waals surface area (Å²) in [5, 5.41) is 0.478. The highest BCUT2D eigenvalue weighted by Gasteiger charge is 2.31. The van der Waals surface area contributed by atoms with Gasteiger partial charge in [0.25, 0.3) is 0 Å². The van der Waals surface area contributed by atoms with Gasteiger partial charge in [-0.05, 0) is 55.7 Å². The molecule has 0 fully saturated rings. The number of rotatable bonds is 11. The van der Waals surface area contributed by atoms with Crippen molar-refractivity contribution in [1.29, 1.82) is 0 Å². The highest BCUT2D eigenvalue weighted by Crippen LogP contribution is 2.48. The smallest absolute Gasteiger partial charge is 0.412 e. The molecule has 0 bridgehead atoms. The minimum atomic E-state index is -3.61. The fraction of sp³-hybridized carbons (Fsp3) is 0.217. The number of nitrogens with two attached hydrogens (primary N) is 1. The van der Waals surface area contributed by atoms with E-state index in [1.807, 2.05) is 54.6 Å². The van der Waals surface area contributed by atoms with Crippen LogP contribution in [0.4, 0.5) is 0 Å². The molecule has 3 aromatic carbocycles. The second kappa shape index (κ2) is 12.6. The lowest BCUT2D eigenvalue weighted by Crippen LogP contribution is -2.26. The van der Waals surface area contributed by atoms with Crippen LogP contribution in [0.25, 0.3) is 0 Å². The summed E-state index contributed by atoms with van der Waals surface area (Å²) in [5.74, 6) is 1.32. The van der Waals surface area contributed by atoms with Crippen molar-refractivity contribution < 1.29 is 18.3 Å². The Hall–Kier alpha value is -2.11. The monoisotopic (exact) mass is 491 g/mol. The summed E-state index contributed by atoms with van der Waals surface area (Å²) >= 11 is 0. The number of hydrogen-bond acceptors (Lipinski definition) is 5. The van der Waals surface area contributed by atoms with Crippen molar-refractivity contribution in [1.82, 2.24) is 0 Å². The molecule has 160 valence electrons. The molecule has 0 spiro atoms. The minimum absolute atomic E-state index is 0. The third-order valence-electron chi connectivity index (χ3n) is 4.21. The van der Waals surface area contributed by atoms with Gasteiger partial charge in [0.15, 0.2) is 0 Å². The molecule has 0 aliphatic carbocycles. The molecule has 0 amide bonds. The van der Waals surface area contributed by atoms with Gasteiger partial charge in [-0.3, -0.25) is 4.52 Å². The Morgan fingerprint density at radius 1 is 0.767 bits per heavy atom. The largest absolute Gasteiger partial charge is 0.494 e. The van der Waals surface area contributed by atoms with Crippen LogP contribution in [0, 0.1) is 0 Å². The highest BCUT2D eigenvalue weighted by molar-refractivity contribution is 8.93. The zero-order chi connectivity index (χ0) is 20.4. The molecule has 30 heavy (non-hydrogen) atoms. The lowest BCUT2D eigenvalue weighted by molar-refractivity contribution is 0.174. The molecule has 3 aromatic rings. The van der Waals surface area contributed by atoms with Crippen LogP contribution in [-0.4, -0.2) is 12.8 Å². The van der Waals surface area contributed by atoms with Crippen molar-refractivity contribution >= 4 is 29.9 Å². The molecule has 2 atom stereocenters. The van der Waals surface area contributed by atoms with Gasteiger partial charge in [-0.2, -0.15) is 0 Å². The first kappa shape index (κ1) is 24.2. The predicted octanol–water partition coefficient (Wildman–Crippen LogP) is 5.71. The first-order chi connectivity index (χ1) is 14.2. The Bertz CT molecular complexity index is 897. The average molecular weight is 492 g/mol. The maximum absolute atomic E-state index is 13.5. The highest BCUT2D eigenvalue weighted by atomic mass is 79.9. The molecule has 0 radical (unpaired) electrons. The number of halogens is 1. The van der Waals surface area contributed by atoms with Crippen molar-refractivity contribution in [3.63, 3.8) is 0 Å². The summed E-state index contributed by atoms with van der Waals surface area (Å²) in [6.45, 7) is 0.591. The number of unbranched alkanes of at least 4 members (excludes halogenated alkanes) is 1. The number of para-hydroxylation sites is 2. The fourth-order valence-corrected chi connectivity index (χ4v) is 4.42. The molecular formula is C23H27BrNO4P. The normalized spacial score (nSPS) is 13.5. The Kier molecular flexibility index (Phi) is 10.1. The lowest BCUT2D eigenvalue weighted by atomic mass is 10.2. The van der Waals surface area contributed by atoms with E-state index in [1.165, 1.54) is 0 Å². The molecule has 0 saturated carbocycles. The molecule has 0 aliphatic heterocycles. The van der Waals surface area contributed by atoms with Crippen molar-refractivity contribution in [3.05, 3.63) is 91.0 Å². The van der Waals surface area contributed by atoms with Gasteiger partial charge in [0.1, 0.15) is 17.7 Å². The molecule has 5 nitrogen and oxygen atoms in total. The average Bonchev–Trinajstić information content (AvgIpc) is 2.75. The Labute approximate surface area is 188 Å². The summed E-state index contributed by atoms with van der Waals surface area (Å²) < 4.78 is 30.7. The zero-order valence-corrected chi connectivity index (χ0v) is 19.2. The molecule has 7 heteroatoms. The maximum Gasteiger partial charge on any atom is 0.412 e. The SMILES string of the molecule is Br.NC(CCCCOc1ccccc1)OP(=O)(Oc1ccccc1)c1ccccc1. The van der Waals surface area contributed by atoms with Crippen LogP contribution in [0.5, 0.6) is 11.5 Å². The molecule has 0 heterocycles. The van der Waals surface area contributed by atoms with Crippen LogP contribution in [0.2, 0.25) is 0 Å². The predicted molar refractivity (Wildman–Crippen MR) is 126 cm³/mol. The van der Waals surface area contributed by atoms with Crippen LogP contribution < -0.4 is 20.3 Å². The van der Waals surface area contributed by atoms with Crippen molar-refractivity contribution in [2.45, 2.75) is 25.5 Å². The molecule has 0 saturated heterocycles. The second-order valence-corrected chi connectivity index (χ2v) is 8.44. The summed E-state index contributed by atoms with van der Waals surface area (Å²) in [4.78, 5) is 0. The topological polar surface area (TPSA) is 70.8 Å². The van der Waals surface area contributed by atoms with Crippen molar-refractivity contribution in [2.75, 3.05) is 6.61 Å². The first-order valence-corrected chi connectivity index (χ1v) is 11.2. The standard InChI is InChI=1S/C23H26NO4P.BrH/c24-23(18-10-11-19-26-20-12-4-1-5-13-20)28-29(25,22-16-8-3-9-17-22)27-21-14-6-2-7-15-21;/h1-9,12-17,23H,10-11,18-19,24H2;1H. The quantitative estimate of drug-likeness (QED) is 0.211. The van der Waals surface area contributed by atoms with Crippen LogP contribution >= 0.6 is 24.6 Å². The lowest BCUT2D eigenvalue weighted by Gasteiger charge is -2.23. The fourth-order valence-electron chi connectivity index (χ4n) is 2.75. The summed E-state index contributed by atoms with van der Waals surface area (Å²) in [6, 6.07) is 27.6. The van der Waals surface area contributed by atoms with Gasteiger partial charge >= 0.3 is 7.60 Å². The van der Waals surface area contributed by atoms with E-state index < -0.39 is 13.8 Å². The van der Waals surface area contributed by atoms with E-state index in [-0.39, 0.29) is 17.0 Å². The van der Waals surface area contributed by atoms with Gasteiger partial charge in [0, 0.05) is 0 Å². The van der Waals surface area contributed by atoms with Crippen molar-refractivity contribution in [3.8, 4) is 11.5 Å². The molecule has 0 aliphatic rings. The third kappa shape index (κ3) is 7.62. The number of ether oxygens (including phenoxy) is 1. The molecule has 2 unspecified atom stereocenters. The minimum Gasteiger partial charge on any atom is -0.494 e. The van der Waals surface area contributed by atoms with E-state index in [9.17, 15) is 4.57 Å². The Morgan fingerprint density at radius 3 is 1.90 bits per heavy atom. The van der Waals surface area contributed by atoms with E-state index in [4.69, 9.17) is 19.5 Å². The van der Waals surface area contributed by atoms with Gasteiger partial charge in [0.05, 0.1) is 11.9 Å². The summed E-state index contributed by atoms with van der Waals surface area (Å²) in [6.07, 6.45) is 1.45. The van der Waals surface area contributed by atoms with Gasteiger partial charge in [-0.25, -0.2) is 4.57 Å². The first-order valence-electron chi connectivity index (χ1n) is 9.68. The van der Waals surface area contributed by atoms with Crippen LogP contribution in [-0.2, 0) is 9.09 Å². The maximum atomic E-state index is 13.5. The molecular weight excluding hydrogens is 465 g/mol. The molecule has 3 rings (SSSR count). The van der Waals surface area contributed by atoms with Crippen molar-refractivity contribution in [2.24, 2.45) is 5.73 Å². The summed E-state index contributed by atoms with van der Waals surface area (Å²) in [7, 11) is -3.61. The summed E-state index contributed by atoms with van der Waals surface area (Å²) in [5.41, 5.74) is 6.13. The zero-order valence-electron chi connectivity index (χ0n) is 16.6. The number of benzene rings is 3. The molecule has 0 aromatic heterocycles. The van der Waals surface area contributed by atoms with Gasteiger partial charge in [-0.1, -0.05) is 54.6 Å². The molecule has 2 N–H and O–H groups in total. The van der Waals surface area contributed by atoms with E-state index in [2.05, 4.69) is 0 Å². The van der Waals surface area contributed by atoms with Crippen LogP contribution in [0.1, 0.15) is 19.3 Å². The van der Waals surface area contributed by atoms with E-state index in [0.29, 0.717) is 24.1 Å². The van der Waals surface area contributed by atoms with E-state index in [1.54, 1.807) is 36.4 Å². The third-order valence-corrected chi connectivity index (χ3v) is 6.14.